The van der Waals surface area contributed by atoms with E-state index in [1.165, 1.54) is 0 Å². The third kappa shape index (κ3) is 2.96. The van der Waals surface area contributed by atoms with Crippen molar-refractivity contribution in [2.75, 3.05) is 0 Å². The molecule has 4 nitrogen and oxygen atoms in total. The summed E-state index contributed by atoms with van der Waals surface area (Å²) in [5.74, 6) is 1.03. The van der Waals surface area contributed by atoms with Crippen LogP contribution in [-0.2, 0) is 6.42 Å². The van der Waals surface area contributed by atoms with Crippen molar-refractivity contribution in [1.29, 1.82) is 0 Å². The normalized spacial score (nSPS) is 13.6. The molecule has 0 aliphatic carbocycles. The van der Waals surface area contributed by atoms with E-state index in [4.69, 9.17) is 4.52 Å². The number of hydrogen-bond donors (Lipinski definition) is 1. The van der Waals surface area contributed by atoms with E-state index in [1.807, 2.05) is 51.1 Å². The average Bonchev–Trinajstić information content (AvgIpc) is 2.77. The fourth-order valence-corrected chi connectivity index (χ4v) is 1.51. The van der Waals surface area contributed by atoms with Gasteiger partial charge in [-0.25, -0.2) is 0 Å². The number of aromatic nitrogens is 2. The average molecular weight is 246 g/mol. The van der Waals surface area contributed by atoms with Crippen LogP contribution in [0.2, 0.25) is 0 Å². The van der Waals surface area contributed by atoms with Crippen LogP contribution >= 0.6 is 0 Å². The van der Waals surface area contributed by atoms with Gasteiger partial charge in [0.1, 0.15) is 0 Å². The maximum absolute atomic E-state index is 9.99. The minimum atomic E-state index is -0.499. The van der Waals surface area contributed by atoms with Crippen LogP contribution in [0.25, 0.3) is 11.4 Å². The molecule has 1 N–H and O–H groups in total. The molecule has 1 heterocycles. The molecular formula is C14H18N2O2. The Morgan fingerprint density at radius 1 is 1.22 bits per heavy atom. The van der Waals surface area contributed by atoms with E-state index < -0.39 is 6.10 Å². The summed E-state index contributed by atoms with van der Waals surface area (Å²) >= 11 is 0. The first-order valence-corrected chi connectivity index (χ1v) is 6.03. The third-order valence-electron chi connectivity index (χ3n) is 2.87. The second-order valence-electron chi connectivity index (χ2n) is 5.46. The van der Waals surface area contributed by atoms with Gasteiger partial charge in [-0.15, -0.1) is 0 Å². The summed E-state index contributed by atoms with van der Waals surface area (Å²) in [6, 6.07) is 9.64. The van der Waals surface area contributed by atoms with Gasteiger partial charge >= 0.3 is 0 Å². The van der Waals surface area contributed by atoms with Gasteiger partial charge in [0.2, 0.25) is 11.7 Å². The summed E-state index contributed by atoms with van der Waals surface area (Å²) < 4.78 is 5.16. The highest BCUT2D eigenvalue weighted by Gasteiger charge is 2.24. The highest BCUT2D eigenvalue weighted by atomic mass is 16.5. The van der Waals surface area contributed by atoms with Gasteiger partial charge in [-0.3, -0.25) is 0 Å². The molecule has 0 saturated heterocycles. The maximum atomic E-state index is 9.99. The molecule has 1 aromatic heterocycles. The first kappa shape index (κ1) is 12.8. The fourth-order valence-electron chi connectivity index (χ4n) is 1.51. The van der Waals surface area contributed by atoms with Crippen LogP contribution in [0, 0.1) is 5.41 Å². The number of rotatable bonds is 3. The van der Waals surface area contributed by atoms with Crippen molar-refractivity contribution in [2.24, 2.45) is 5.41 Å². The lowest BCUT2D eigenvalue weighted by molar-refractivity contribution is 0.0565. The molecule has 0 spiro atoms. The summed E-state index contributed by atoms with van der Waals surface area (Å²) in [6.45, 7) is 5.93. The molecule has 0 radical (unpaired) electrons. The molecule has 1 aromatic carbocycles. The van der Waals surface area contributed by atoms with E-state index in [0.717, 1.165) is 5.56 Å². The molecular weight excluding hydrogens is 228 g/mol. The van der Waals surface area contributed by atoms with Gasteiger partial charge in [-0.2, -0.15) is 4.98 Å². The van der Waals surface area contributed by atoms with Gasteiger partial charge in [-0.1, -0.05) is 56.3 Å². The SMILES string of the molecule is CC(C)(C)C(O)Cc1nc(-c2ccccc2)no1. The van der Waals surface area contributed by atoms with Gasteiger partial charge in [0.05, 0.1) is 12.5 Å². The molecule has 2 rings (SSSR count). The first-order chi connectivity index (χ1) is 8.47. The Labute approximate surface area is 107 Å². The van der Waals surface area contributed by atoms with Crippen LogP contribution in [0.1, 0.15) is 26.7 Å². The van der Waals surface area contributed by atoms with E-state index in [0.29, 0.717) is 18.1 Å². The van der Waals surface area contributed by atoms with Crippen molar-refractivity contribution in [3.63, 3.8) is 0 Å². The van der Waals surface area contributed by atoms with Crippen LogP contribution in [0.15, 0.2) is 34.9 Å². The van der Waals surface area contributed by atoms with Crippen LogP contribution in [0.4, 0.5) is 0 Å². The fraction of sp³-hybridized carbons (Fsp3) is 0.429. The lowest BCUT2D eigenvalue weighted by Gasteiger charge is -2.24. The Balaban J connectivity index is 2.12. The largest absolute Gasteiger partial charge is 0.392 e. The predicted molar refractivity (Wildman–Crippen MR) is 68.9 cm³/mol. The van der Waals surface area contributed by atoms with Crippen LogP contribution in [0.5, 0.6) is 0 Å². The number of aliphatic hydroxyl groups is 1. The van der Waals surface area contributed by atoms with Gasteiger partial charge < -0.3 is 9.63 Å². The highest BCUT2D eigenvalue weighted by molar-refractivity contribution is 5.53. The summed E-state index contributed by atoms with van der Waals surface area (Å²) in [4.78, 5) is 4.30. The zero-order valence-electron chi connectivity index (χ0n) is 10.9. The summed E-state index contributed by atoms with van der Waals surface area (Å²) in [7, 11) is 0. The summed E-state index contributed by atoms with van der Waals surface area (Å²) in [5.41, 5.74) is 0.722. The lowest BCUT2D eigenvalue weighted by atomic mass is 9.87. The summed E-state index contributed by atoms with van der Waals surface area (Å²) in [6.07, 6.45) is -0.120. The van der Waals surface area contributed by atoms with E-state index in [1.54, 1.807) is 0 Å². The second-order valence-corrected chi connectivity index (χ2v) is 5.46. The molecule has 2 aromatic rings. The molecule has 0 bridgehead atoms. The Morgan fingerprint density at radius 3 is 2.50 bits per heavy atom. The van der Waals surface area contributed by atoms with Gasteiger partial charge in [0, 0.05) is 5.56 Å². The topological polar surface area (TPSA) is 59.2 Å². The van der Waals surface area contributed by atoms with E-state index in [2.05, 4.69) is 10.1 Å². The number of benzene rings is 1. The van der Waals surface area contributed by atoms with Gasteiger partial charge in [0.25, 0.3) is 0 Å². The lowest BCUT2D eigenvalue weighted by Crippen LogP contribution is -2.28. The smallest absolute Gasteiger partial charge is 0.229 e. The molecule has 1 unspecified atom stereocenters. The van der Waals surface area contributed by atoms with E-state index >= 15 is 0 Å². The van der Waals surface area contributed by atoms with Crippen LogP contribution in [0.3, 0.4) is 0 Å². The maximum Gasteiger partial charge on any atom is 0.229 e. The Bertz CT molecular complexity index is 500. The Kier molecular flexibility index (Phi) is 3.48. The van der Waals surface area contributed by atoms with E-state index in [-0.39, 0.29) is 5.41 Å². The van der Waals surface area contributed by atoms with Gasteiger partial charge in [-0.05, 0) is 5.41 Å². The minimum Gasteiger partial charge on any atom is -0.392 e. The molecule has 0 aliphatic heterocycles. The molecule has 0 fully saturated rings. The second kappa shape index (κ2) is 4.90. The molecule has 0 aliphatic rings. The van der Waals surface area contributed by atoms with Crippen LogP contribution in [-0.4, -0.2) is 21.4 Å². The zero-order chi connectivity index (χ0) is 13.2. The predicted octanol–water partition coefficient (Wildman–Crippen LogP) is 2.69. The van der Waals surface area contributed by atoms with Crippen molar-refractivity contribution in [1.82, 2.24) is 10.1 Å². The van der Waals surface area contributed by atoms with Gasteiger partial charge in [0.15, 0.2) is 0 Å². The van der Waals surface area contributed by atoms with Crippen molar-refractivity contribution in [3.8, 4) is 11.4 Å². The van der Waals surface area contributed by atoms with Crippen molar-refractivity contribution < 1.29 is 9.63 Å². The standard InChI is InChI=1S/C14H18N2O2/c1-14(2,3)11(17)9-12-15-13(16-18-12)10-7-5-4-6-8-10/h4-8,11,17H,9H2,1-3H3. The number of hydrogen-bond acceptors (Lipinski definition) is 4. The van der Waals surface area contributed by atoms with Crippen molar-refractivity contribution in [3.05, 3.63) is 36.2 Å². The molecule has 0 saturated carbocycles. The molecule has 1 atom stereocenters. The van der Waals surface area contributed by atoms with Crippen molar-refractivity contribution in [2.45, 2.75) is 33.3 Å². The third-order valence-corrected chi connectivity index (χ3v) is 2.87. The number of aliphatic hydroxyl groups excluding tert-OH is 1. The Morgan fingerprint density at radius 2 is 1.89 bits per heavy atom. The molecule has 18 heavy (non-hydrogen) atoms. The van der Waals surface area contributed by atoms with Crippen molar-refractivity contribution >= 4 is 0 Å². The quantitative estimate of drug-likeness (QED) is 0.904. The number of nitrogens with zero attached hydrogens (tertiary/aromatic N) is 2. The highest BCUT2D eigenvalue weighted by Crippen LogP contribution is 2.23. The monoisotopic (exact) mass is 246 g/mol. The molecule has 0 amide bonds. The minimum absolute atomic E-state index is 0.193. The molecule has 96 valence electrons. The zero-order valence-corrected chi connectivity index (χ0v) is 10.9. The Hall–Kier alpha value is -1.68. The van der Waals surface area contributed by atoms with E-state index in [9.17, 15) is 5.11 Å². The first-order valence-electron chi connectivity index (χ1n) is 6.03. The molecule has 4 heteroatoms. The van der Waals surface area contributed by atoms with Crippen LogP contribution < -0.4 is 0 Å². The summed E-state index contributed by atoms with van der Waals surface area (Å²) in [5, 5.41) is 13.9.